The van der Waals surface area contributed by atoms with Crippen molar-refractivity contribution in [3.63, 3.8) is 0 Å². The maximum absolute atomic E-state index is 3.70. The van der Waals surface area contributed by atoms with Crippen LogP contribution >= 0.6 is 0 Å². The zero-order valence-electron chi connectivity index (χ0n) is 11.3. The van der Waals surface area contributed by atoms with Gasteiger partial charge in [0.25, 0.3) is 0 Å². The van der Waals surface area contributed by atoms with Crippen molar-refractivity contribution in [2.45, 2.75) is 39.3 Å². The fourth-order valence-corrected chi connectivity index (χ4v) is 2.47. The van der Waals surface area contributed by atoms with Crippen molar-refractivity contribution in [1.29, 1.82) is 0 Å². The van der Waals surface area contributed by atoms with Crippen LogP contribution in [0.1, 0.15) is 29.5 Å². The van der Waals surface area contributed by atoms with Crippen molar-refractivity contribution in [2.24, 2.45) is 0 Å². The quantitative estimate of drug-likeness (QED) is 0.861. The van der Waals surface area contributed by atoms with Gasteiger partial charge in [0.05, 0.1) is 0 Å². The Morgan fingerprint density at radius 2 is 1.94 bits per heavy atom. The summed E-state index contributed by atoms with van der Waals surface area (Å²) in [7, 11) is 2.21. The number of hydrogen-bond acceptors (Lipinski definition) is 2. The molecule has 1 saturated heterocycles. The molecule has 2 rings (SSSR count). The van der Waals surface area contributed by atoms with E-state index in [0.717, 1.165) is 6.54 Å². The van der Waals surface area contributed by atoms with Crippen molar-refractivity contribution in [3.8, 4) is 0 Å². The number of aryl methyl sites for hydroxylation is 1. The van der Waals surface area contributed by atoms with Crippen LogP contribution in [0, 0.1) is 13.8 Å². The molecule has 1 aliphatic heterocycles. The monoisotopic (exact) mass is 232 g/mol. The summed E-state index contributed by atoms with van der Waals surface area (Å²) >= 11 is 0. The van der Waals surface area contributed by atoms with Gasteiger partial charge in [-0.3, -0.25) is 0 Å². The van der Waals surface area contributed by atoms with E-state index in [2.05, 4.69) is 49.3 Å². The lowest BCUT2D eigenvalue weighted by molar-refractivity contribution is 0.234. The Kier molecular flexibility index (Phi) is 4.19. The molecule has 94 valence electrons. The molecule has 0 atom stereocenters. The van der Waals surface area contributed by atoms with Gasteiger partial charge in [-0.1, -0.05) is 18.2 Å². The first-order valence-corrected chi connectivity index (χ1v) is 6.64. The lowest BCUT2D eigenvalue weighted by Gasteiger charge is -2.29. The smallest absolute Gasteiger partial charge is 0.0210 e. The van der Waals surface area contributed by atoms with Gasteiger partial charge < -0.3 is 10.2 Å². The number of piperidine rings is 1. The zero-order valence-corrected chi connectivity index (χ0v) is 11.3. The van der Waals surface area contributed by atoms with Crippen LogP contribution in [0.2, 0.25) is 0 Å². The van der Waals surface area contributed by atoms with E-state index < -0.39 is 0 Å². The Labute approximate surface area is 105 Å². The Balaban J connectivity index is 1.87. The standard InChI is InChI=1S/C15H24N2/c1-12-5-4-6-14(13(12)2)11-16-15-7-9-17(3)10-8-15/h4-6,15-16H,7-11H2,1-3H3. The van der Waals surface area contributed by atoms with E-state index in [4.69, 9.17) is 0 Å². The average Bonchev–Trinajstić information content (AvgIpc) is 2.33. The third-order valence-corrected chi connectivity index (χ3v) is 4.02. The summed E-state index contributed by atoms with van der Waals surface area (Å²) in [5.41, 5.74) is 4.28. The molecule has 0 saturated carbocycles. The maximum atomic E-state index is 3.70. The zero-order chi connectivity index (χ0) is 12.3. The highest BCUT2D eigenvalue weighted by Crippen LogP contribution is 2.14. The Morgan fingerprint density at radius 3 is 2.65 bits per heavy atom. The SMILES string of the molecule is Cc1cccc(CNC2CCN(C)CC2)c1C. The molecule has 0 bridgehead atoms. The average molecular weight is 232 g/mol. The molecule has 1 fully saturated rings. The number of benzene rings is 1. The molecule has 0 unspecified atom stereocenters. The van der Waals surface area contributed by atoms with Gasteiger partial charge in [-0.05, 0) is 63.5 Å². The van der Waals surface area contributed by atoms with E-state index in [1.165, 1.54) is 42.6 Å². The topological polar surface area (TPSA) is 15.3 Å². The van der Waals surface area contributed by atoms with Crippen LogP contribution in [-0.4, -0.2) is 31.1 Å². The maximum Gasteiger partial charge on any atom is 0.0210 e. The fraction of sp³-hybridized carbons (Fsp3) is 0.600. The Bertz CT molecular complexity index is 365. The minimum Gasteiger partial charge on any atom is -0.310 e. The van der Waals surface area contributed by atoms with Gasteiger partial charge in [-0.15, -0.1) is 0 Å². The van der Waals surface area contributed by atoms with Crippen molar-refractivity contribution < 1.29 is 0 Å². The molecule has 0 aliphatic carbocycles. The van der Waals surface area contributed by atoms with E-state index in [9.17, 15) is 0 Å². The first-order chi connectivity index (χ1) is 8.16. The highest BCUT2D eigenvalue weighted by Gasteiger charge is 2.15. The normalized spacial score (nSPS) is 18.5. The minimum absolute atomic E-state index is 0.700. The molecule has 1 aromatic rings. The molecule has 1 aromatic carbocycles. The number of rotatable bonds is 3. The molecule has 0 aromatic heterocycles. The van der Waals surface area contributed by atoms with Crippen molar-refractivity contribution in [1.82, 2.24) is 10.2 Å². The van der Waals surface area contributed by atoms with Crippen LogP contribution in [0.25, 0.3) is 0 Å². The van der Waals surface area contributed by atoms with Gasteiger partial charge in [0.2, 0.25) is 0 Å². The summed E-state index contributed by atoms with van der Waals surface area (Å²) in [5, 5.41) is 3.70. The lowest BCUT2D eigenvalue weighted by atomic mass is 10.0. The third kappa shape index (κ3) is 3.30. The second-order valence-corrected chi connectivity index (χ2v) is 5.32. The minimum atomic E-state index is 0.700. The second kappa shape index (κ2) is 5.65. The van der Waals surface area contributed by atoms with Gasteiger partial charge in [-0.2, -0.15) is 0 Å². The van der Waals surface area contributed by atoms with Gasteiger partial charge >= 0.3 is 0 Å². The van der Waals surface area contributed by atoms with Gasteiger partial charge in [0, 0.05) is 12.6 Å². The van der Waals surface area contributed by atoms with Crippen LogP contribution in [0.3, 0.4) is 0 Å². The van der Waals surface area contributed by atoms with E-state index in [0.29, 0.717) is 6.04 Å². The van der Waals surface area contributed by atoms with Crippen LogP contribution in [0.5, 0.6) is 0 Å². The molecule has 0 amide bonds. The summed E-state index contributed by atoms with van der Waals surface area (Å²) in [5.74, 6) is 0. The first kappa shape index (κ1) is 12.6. The largest absolute Gasteiger partial charge is 0.310 e. The van der Waals surface area contributed by atoms with Crippen LogP contribution in [0.4, 0.5) is 0 Å². The van der Waals surface area contributed by atoms with Crippen LogP contribution in [-0.2, 0) is 6.54 Å². The van der Waals surface area contributed by atoms with Gasteiger partial charge in [0.1, 0.15) is 0 Å². The third-order valence-electron chi connectivity index (χ3n) is 4.02. The molecule has 0 spiro atoms. The highest BCUT2D eigenvalue weighted by molar-refractivity contribution is 5.32. The molecule has 1 N–H and O–H groups in total. The summed E-state index contributed by atoms with van der Waals surface area (Å²) in [4.78, 5) is 2.41. The predicted octanol–water partition coefficient (Wildman–Crippen LogP) is 2.49. The van der Waals surface area contributed by atoms with E-state index >= 15 is 0 Å². The van der Waals surface area contributed by atoms with Gasteiger partial charge in [-0.25, -0.2) is 0 Å². The molecular weight excluding hydrogens is 208 g/mol. The molecule has 1 heterocycles. The molecule has 0 radical (unpaired) electrons. The number of hydrogen-bond donors (Lipinski definition) is 1. The highest BCUT2D eigenvalue weighted by atomic mass is 15.1. The van der Waals surface area contributed by atoms with E-state index in [1.807, 2.05) is 0 Å². The van der Waals surface area contributed by atoms with Crippen molar-refractivity contribution in [3.05, 3.63) is 34.9 Å². The molecular formula is C15H24N2. The fourth-order valence-electron chi connectivity index (χ4n) is 2.47. The molecule has 2 nitrogen and oxygen atoms in total. The summed E-state index contributed by atoms with van der Waals surface area (Å²) < 4.78 is 0. The van der Waals surface area contributed by atoms with Gasteiger partial charge in [0.15, 0.2) is 0 Å². The summed E-state index contributed by atoms with van der Waals surface area (Å²) in [6, 6.07) is 7.29. The summed E-state index contributed by atoms with van der Waals surface area (Å²) in [6.45, 7) is 7.88. The number of nitrogens with one attached hydrogen (secondary N) is 1. The first-order valence-electron chi connectivity index (χ1n) is 6.64. The molecule has 1 aliphatic rings. The van der Waals surface area contributed by atoms with Crippen molar-refractivity contribution >= 4 is 0 Å². The number of nitrogens with zero attached hydrogens (tertiary/aromatic N) is 1. The lowest BCUT2D eigenvalue weighted by Crippen LogP contribution is -2.40. The number of likely N-dealkylation sites (tertiary alicyclic amines) is 1. The second-order valence-electron chi connectivity index (χ2n) is 5.32. The predicted molar refractivity (Wildman–Crippen MR) is 73.3 cm³/mol. The molecule has 17 heavy (non-hydrogen) atoms. The Morgan fingerprint density at radius 1 is 1.24 bits per heavy atom. The van der Waals surface area contributed by atoms with Crippen LogP contribution < -0.4 is 5.32 Å². The van der Waals surface area contributed by atoms with Crippen LogP contribution in [0.15, 0.2) is 18.2 Å². The van der Waals surface area contributed by atoms with E-state index in [1.54, 1.807) is 0 Å². The molecule has 2 heteroatoms. The van der Waals surface area contributed by atoms with E-state index in [-0.39, 0.29) is 0 Å². The Hall–Kier alpha value is -0.860. The summed E-state index contributed by atoms with van der Waals surface area (Å²) in [6.07, 6.45) is 2.56. The van der Waals surface area contributed by atoms with Crippen molar-refractivity contribution in [2.75, 3.05) is 20.1 Å².